The highest BCUT2D eigenvalue weighted by Crippen LogP contribution is 2.30. The summed E-state index contributed by atoms with van der Waals surface area (Å²) in [4.78, 5) is 26.0. The molecule has 0 fully saturated rings. The zero-order valence-corrected chi connectivity index (χ0v) is 18.7. The Balaban J connectivity index is 1.23. The van der Waals surface area contributed by atoms with E-state index in [0.717, 1.165) is 5.69 Å². The number of aliphatic hydroxyl groups is 1. The van der Waals surface area contributed by atoms with E-state index in [1.54, 1.807) is 30.6 Å². The Morgan fingerprint density at radius 1 is 1.24 bits per heavy atom. The van der Waals surface area contributed by atoms with E-state index >= 15 is 0 Å². The van der Waals surface area contributed by atoms with Crippen LogP contribution in [0, 0.1) is 0 Å². The summed E-state index contributed by atoms with van der Waals surface area (Å²) in [5.41, 5.74) is 0.762. The molecule has 3 aromatic heterocycles. The van der Waals surface area contributed by atoms with Crippen molar-refractivity contribution in [1.82, 2.24) is 20.3 Å². The lowest BCUT2D eigenvalue weighted by molar-refractivity contribution is -0.130. The molecule has 1 aliphatic carbocycles. The van der Waals surface area contributed by atoms with Crippen LogP contribution in [0.4, 0.5) is 5.69 Å². The normalized spacial score (nSPS) is 21.3. The van der Waals surface area contributed by atoms with Crippen molar-refractivity contribution in [2.24, 2.45) is 0 Å². The van der Waals surface area contributed by atoms with Crippen LogP contribution in [-0.2, 0) is 11.3 Å². The standard InChI is InChI=1S/C24H25N5O5/c1-32-21-3-2-17-22(29-21)18(6-9-25-17)28-23(30)24(31)7-4-15(5-8-24)26-13-16-12-19-20(14-27-16)34-11-10-33-19/h2-4,6-7,9,12,14-15,26,31H,5,8,10-11,13H2,1H3,(H,25,28,30). The average Bonchev–Trinajstić information content (AvgIpc) is 2.88. The highest BCUT2D eigenvalue weighted by molar-refractivity contribution is 6.03. The van der Waals surface area contributed by atoms with Crippen LogP contribution in [0.25, 0.3) is 11.0 Å². The second-order valence-electron chi connectivity index (χ2n) is 8.16. The van der Waals surface area contributed by atoms with Crippen LogP contribution < -0.4 is 24.8 Å². The van der Waals surface area contributed by atoms with Gasteiger partial charge in [-0.25, -0.2) is 4.98 Å². The van der Waals surface area contributed by atoms with Gasteiger partial charge >= 0.3 is 0 Å². The Kier molecular flexibility index (Phi) is 5.99. The minimum Gasteiger partial charge on any atom is -0.486 e. The summed E-state index contributed by atoms with van der Waals surface area (Å²) in [5, 5.41) is 17.2. The number of fused-ring (bicyclic) bond motifs is 2. The molecule has 0 saturated carbocycles. The number of nitrogens with one attached hydrogen (secondary N) is 2. The van der Waals surface area contributed by atoms with E-state index in [1.165, 1.54) is 13.2 Å². The van der Waals surface area contributed by atoms with Crippen molar-refractivity contribution in [3.63, 3.8) is 0 Å². The third-order valence-electron chi connectivity index (χ3n) is 5.88. The fourth-order valence-corrected chi connectivity index (χ4v) is 3.96. The highest BCUT2D eigenvalue weighted by atomic mass is 16.6. The van der Waals surface area contributed by atoms with Gasteiger partial charge in [-0.3, -0.25) is 14.8 Å². The van der Waals surface area contributed by atoms with Crippen molar-refractivity contribution in [2.45, 2.75) is 31.0 Å². The molecule has 3 N–H and O–H groups in total. The Morgan fingerprint density at radius 2 is 2.09 bits per heavy atom. The molecular weight excluding hydrogens is 438 g/mol. The van der Waals surface area contributed by atoms with E-state index in [2.05, 4.69) is 25.6 Å². The smallest absolute Gasteiger partial charge is 0.260 e. The summed E-state index contributed by atoms with van der Waals surface area (Å²) in [6.07, 6.45) is 7.44. The van der Waals surface area contributed by atoms with Crippen LogP contribution in [-0.4, -0.2) is 57.9 Å². The maximum absolute atomic E-state index is 13.0. The van der Waals surface area contributed by atoms with E-state index in [1.807, 2.05) is 12.1 Å². The molecule has 10 heteroatoms. The first-order valence-electron chi connectivity index (χ1n) is 11.0. The van der Waals surface area contributed by atoms with Gasteiger partial charge in [-0.15, -0.1) is 0 Å². The number of pyridine rings is 3. The number of hydrogen-bond acceptors (Lipinski definition) is 9. The Bertz CT molecular complexity index is 1250. The molecule has 2 aliphatic rings. The number of methoxy groups -OCH3 is 1. The zero-order chi connectivity index (χ0) is 23.5. The van der Waals surface area contributed by atoms with Gasteiger partial charge < -0.3 is 30.0 Å². The lowest BCUT2D eigenvalue weighted by Crippen LogP contribution is -2.45. The first-order valence-corrected chi connectivity index (χ1v) is 11.0. The van der Waals surface area contributed by atoms with Crippen molar-refractivity contribution >= 4 is 22.6 Å². The molecule has 2 atom stereocenters. The zero-order valence-electron chi connectivity index (χ0n) is 18.7. The van der Waals surface area contributed by atoms with Crippen LogP contribution in [0.1, 0.15) is 18.5 Å². The fourth-order valence-electron chi connectivity index (χ4n) is 3.96. The van der Waals surface area contributed by atoms with E-state index in [0.29, 0.717) is 60.3 Å². The maximum Gasteiger partial charge on any atom is 0.260 e. The predicted molar refractivity (Wildman–Crippen MR) is 124 cm³/mol. The molecule has 176 valence electrons. The molecule has 1 aliphatic heterocycles. The highest BCUT2D eigenvalue weighted by Gasteiger charge is 2.36. The molecule has 0 spiro atoms. The van der Waals surface area contributed by atoms with E-state index in [9.17, 15) is 9.90 Å². The topological polar surface area (TPSA) is 128 Å². The number of amides is 1. The SMILES string of the molecule is COc1ccc2nccc(NC(=O)C3(O)C=CC(NCc4cc5c(cn4)OCCO5)CC3)c2n1. The van der Waals surface area contributed by atoms with Crippen LogP contribution >= 0.6 is 0 Å². The van der Waals surface area contributed by atoms with Crippen molar-refractivity contribution in [2.75, 3.05) is 25.6 Å². The molecule has 5 rings (SSSR count). The molecule has 4 heterocycles. The number of ether oxygens (including phenoxy) is 3. The van der Waals surface area contributed by atoms with Crippen LogP contribution in [0.5, 0.6) is 17.4 Å². The molecule has 34 heavy (non-hydrogen) atoms. The summed E-state index contributed by atoms with van der Waals surface area (Å²) in [6, 6.07) is 6.97. The maximum atomic E-state index is 13.0. The molecule has 1 amide bonds. The van der Waals surface area contributed by atoms with Crippen LogP contribution in [0.3, 0.4) is 0 Å². The Hall–Kier alpha value is -3.76. The Labute approximate surface area is 196 Å². The van der Waals surface area contributed by atoms with Crippen molar-refractivity contribution in [3.8, 4) is 17.4 Å². The molecule has 10 nitrogen and oxygen atoms in total. The number of rotatable bonds is 6. The third kappa shape index (κ3) is 4.50. The van der Waals surface area contributed by atoms with Crippen LogP contribution in [0.15, 0.2) is 48.8 Å². The van der Waals surface area contributed by atoms with Crippen LogP contribution in [0.2, 0.25) is 0 Å². The number of carbonyl (C=O) groups is 1. The van der Waals surface area contributed by atoms with Gasteiger partial charge in [0.05, 0.1) is 30.2 Å². The number of nitrogens with zero attached hydrogens (tertiary/aromatic N) is 3. The van der Waals surface area contributed by atoms with Crippen molar-refractivity contribution in [3.05, 3.63) is 54.5 Å². The monoisotopic (exact) mass is 463 g/mol. The van der Waals surface area contributed by atoms with Gasteiger partial charge in [-0.1, -0.05) is 6.08 Å². The molecule has 2 unspecified atom stereocenters. The van der Waals surface area contributed by atoms with E-state index in [-0.39, 0.29) is 12.5 Å². The van der Waals surface area contributed by atoms with Gasteiger partial charge in [-0.05, 0) is 31.1 Å². The predicted octanol–water partition coefficient (Wildman–Crippen LogP) is 1.98. The molecule has 3 aromatic rings. The fraction of sp³-hybridized carbons (Fsp3) is 0.333. The number of aromatic nitrogens is 3. The second-order valence-corrected chi connectivity index (χ2v) is 8.16. The molecule has 0 radical (unpaired) electrons. The average molecular weight is 463 g/mol. The summed E-state index contributed by atoms with van der Waals surface area (Å²) in [6.45, 7) is 1.57. The number of carbonyl (C=O) groups excluding carboxylic acids is 1. The summed E-state index contributed by atoms with van der Waals surface area (Å²) >= 11 is 0. The second kappa shape index (κ2) is 9.24. The van der Waals surface area contributed by atoms with Gasteiger partial charge in [0.1, 0.15) is 18.7 Å². The summed E-state index contributed by atoms with van der Waals surface area (Å²) in [5.74, 6) is 1.24. The van der Waals surface area contributed by atoms with Gasteiger partial charge in [0.2, 0.25) is 5.88 Å². The van der Waals surface area contributed by atoms with Gasteiger partial charge in [0, 0.05) is 30.9 Å². The molecule has 0 bridgehead atoms. The first kappa shape index (κ1) is 22.1. The lowest BCUT2D eigenvalue weighted by atomic mass is 9.87. The van der Waals surface area contributed by atoms with Gasteiger partial charge in [0.15, 0.2) is 17.1 Å². The van der Waals surface area contributed by atoms with Crippen molar-refractivity contribution < 1.29 is 24.1 Å². The van der Waals surface area contributed by atoms with E-state index in [4.69, 9.17) is 14.2 Å². The number of anilines is 1. The largest absolute Gasteiger partial charge is 0.486 e. The lowest BCUT2D eigenvalue weighted by Gasteiger charge is -2.30. The molecule has 0 aromatic carbocycles. The minimum absolute atomic E-state index is 0.00393. The minimum atomic E-state index is -1.62. The molecule has 0 saturated heterocycles. The first-order chi connectivity index (χ1) is 16.5. The summed E-state index contributed by atoms with van der Waals surface area (Å²) < 4.78 is 16.3. The number of hydrogen-bond donors (Lipinski definition) is 3. The summed E-state index contributed by atoms with van der Waals surface area (Å²) in [7, 11) is 1.52. The third-order valence-corrected chi connectivity index (χ3v) is 5.88. The van der Waals surface area contributed by atoms with Gasteiger partial charge in [-0.2, -0.15) is 0 Å². The Morgan fingerprint density at radius 3 is 2.88 bits per heavy atom. The molecular formula is C24H25N5O5. The quantitative estimate of drug-likeness (QED) is 0.470. The van der Waals surface area contributed by atoms with E-state index < -0.39 is 11.5 Å². The van der Waals surface area contributed by atoms with Gasteiger partial charge in [0.25, 0.3) is 5.91 Å². The van der Waals surface area contributed by atoms with Crippen molar-refractivity contribution in [1.29, 1.82) is 0 Å².